The standard InChI is InChI=1S/C16H24O5/c1-5-19-12-10-14(20-6-2)13(8-9-16(17)18-4)15(11-12)21-7-3/h10-11H,5-9H2,1-4H3. The molecule has 118 valence electrons. The highest BCUT2D eigenvalue weighted by Crippen LogP contribution is 2.35. The van der Waals surface area contributed by atoms with Gasteiger partial charge in [0.2, 0.25) is 0 Å². The van der Waals surface area contributed by atoms with E-state index in [9.17, 15) is 4.79 Å². The molecule has 0 saturated heterocycles. The van der Waals surface area contributed by atoms with Gasteiger partial charge in [-0.25, -0.2) is 0 Å². The molecule has 21 heavy (non-hydrogen) atoms. The summed E-state index contributed by atoms with van der Waals surface area (Å²) in [4.78, 5) is 11.4. The first-order valence-electron chi connectivity index (χ1n) is 7.28. The van der Waals surface area contributed by atoms with Crippen molar-refractivity contribution in [2.24, 2.45) is 0 Å². The van der Waals surface area contributed by atoms with Gasteiger partial charge in [-0.05, 0) is 27.2 Å². The Bertz CT molecular complexity index is 429. The van der Waals surface area contributed by atoms with Gasteiger partial charge in [0.1, 0.15) is 17.2 Å². The Morgan fingerprint density at radius 2 is 1.48 bits per heavy atom. The molecule has 0 heterocycles. The van der Waals surface area contributed by atoms with Crippen molar-refractivity contribution in [3.05, 3.63) is 17.7 Å². The van der Waals surface area contributed by atoms with Crippen molar-refractivity contribution >= 4 is 5.97 Å². The second kappa shape index (κ2) is 9.10. The van der Waals surface area contributed by atoms with Crippen LogP contribution in [0.3, 0.4) is 0 Å². The van der Waals surface area contributed by atoms with Crippen LogP contribution in [0.4, 0.5) is 0 Å². The average Bonchev–Trinajstić information content (AvgIpc) is 2.47. The van der Waals surface area contributed by atoms with Crippen LogP contribution in [0.15, 0.2) is 12.1 Å². The Labute approximate surface area is 126 Å². The molecule has 0 radical (unpaired) electrons. The fraction of sp³-hybridized carbons (Fsp3) is 0.562. The van der Waals surface area contributed by atoms with Crippen molar-refractivity contribution < 1.29 is 23.7 Å². The molecule has 0 atom stereocenters. The van der Waals surface area contributed by atoms with Crippen molar-refractivity contribution in [2.75, 3.05) is 26.9 Å². The van der Waals surface area contributed by atoms with Gasteiger partial charge in [0.25, 0.3) is 0 Å². The van der Waals surface area contributed by atoms with Gasteiger partial charge in [-0.3, -0.25) is 4.79 Å². The van der Waals surface area contributed by atoms with E-state index in [-0.39, 0.29) is 12.4 Å². The van der Waals surface area contributed by atoms with Crippen LogP contribution in [0.5, 0.6) is 17.2 Å². The molecule has 1 rings (SSSR count). The van der Waals surface area contributed by atoms with Crippen molar-refractivity contribution in [1.29, 1.82) is 0 Å². The molecule has 5 heteroatoms. The zero-order valence-corrected chi connectivity index (χ0v) is 13.2. The molecule has 0 amide bonds. The van der Waals surface area contributed by atoms with E-state index in [1.807, 2.05) is 32.9 Å². The molecule has 0 aliphatic carbocycles. The maximum absolute atomic E-state index is 11.4. The van der Waals surface area contributed by atoms with Crippen LogP contribution >= 0.6 is 0 Å². The van der Waals surface area contributed by atoms with E-state index in [0.717, 1.165) is 5.56 Å². The van der Waals surface area contributed by atoms with Crippen LogP contribution in [-0.2, 0) is 16.0 Å². The van der Waals surface area contributed by atoms with Gasteiger partial charge >= 0.3 is 5.97 Å². The quantitative estimate of drug-likeness (QED) is 0.656. The SMILES string of the molecule is CCOc1cc(OCC)c(CCC(=O)OC)c(OCC)c1. The third-order valence-corrected chi connectivity index (χ3v) is 2.86. The topological polar surface area (TPSA) is 54.0 Å². The minimum atomic E-state index is -0.256. The van der Waals surface area contributed by atoms with Gasteiger partial charge in [-0.1, -0.05) is 0 Å². The van der Waals surface area contributed by atoms with Crippen LogP contribution in [0.1, 0.15) is 32.8 Å². The number of ether oxygens (including phenoxy) is 4. The van der Waals surface area contributed by atoms with Crippen LogP contribution in [0, 0.1) is 0 Å². The van der Waals surface area contributed by atoms with Crippen LogP contribution in [0.2, 0.25) is 0 Å². The second-order valence-electron chi connectivity index (χ2n) is 4.27. The van der Waals surface area contributed by atoms with Crippen molar-refractivity contribution in [3.8, 4) is 17.2 Å². The Morgan fingerprint density at radius 1 is 0.952 bits per heavy atom. The van der Waals surface area contributed by atoms with E-state index in [0.29, 0.717) is 43.5 Å². The van der Waals surface area contributed by atoms with Gasteiger partial charge < -0.3 is 18.9 Å². The van der Waals surface area contributed by atoms with E-state index >= 15 is 0 Å². The van der Waals surface area contributed by atoms with Crippen molar-refractivity contribution in [1.82, 2.24) is 0 Å². The van der Waals surface area contributed by atoms with Crippen LogP contribution < -0.4 is 14.2 Å². The summed E-state index contributed by atoms with van der Waals surface area (Å²) in [5.74, 6) is 1.83. The largest absolute Gasteiger partial charge is 0.494 e. The summed E-state index contributed by atoms with van der Waals surface area (Å²) in [6.45, 7) is 7.39. The van der Waals surface area contributed by atoms with E-state index < -0.39 is 0 Å². The average molecular weight is 296 g/mol. The number of rotatable bonds is 9. The maximum atomic E-state index is 11.4. The van der Waals surface area contributed by atoms with Crippen molar-refractivity contribution in [2.45, 2.75) is 33.6 Å². The Hall–Kier alpha value is -1.91. The molecule has 0 saturated carbocycles. The lowest BCUT2D eigenvalue weighted by molar-refractivity contribution is -0.140. The summed E-state index contributed by atoms with van der Waals surface area (Å²) in [6, 6.07) is 3.67. The van der Waals surface area contributed by atoms with Gasteiger partial charge in [0.15, 0.2) is 0 Å². The van der Waals surface area contributed by atoms with Gasteiger partial charge in [-0.2, -0.15) is 0 Å². The molecule has 0 bridgehead atoms. The summed E-state index contributed by atoms with van der Waals surface area (Å²) in [5.41, 5.74) is 0.868. The number of methoxy groups -OCH3 is 1. The molecule has 0 aromatic heterocycles. The first kappa shape index (κ1) is 17.1. The molecule has 0 aliphatic rings. The fourth-order valence-electron chi connectivity index (χ4n) is 1.99. The molecule has 0 spiro atoms. The minimum absolute atomic E-state index is 0.256. The smallest absolute Gasteiger partial charge is 0.305 e. The number of carbonyl (C=O) groups excluding carboxylic acids is 1. The molecule has 0 fully saturated rings. The molecule has 5 nitrogen and oxygen atoms in total. The second-order valence-corrected chi connectivity index (χ2v) is 4.27. The highest BCUT2D eigenvalue weighted by molar-refractivity contribution is 5.70. The zero-order valence-electron chi connectivity index (χ0n) is 13.2. The summed E-state index contributed by atoms with van der Waals surface area (Å²) in [5, 5.41) is 0. The normalized spacial score (nSPS) is 10.1. The summed E-state index contributed by atoms with van der Waals surface area (Å²) >= 11 is 0. The number of esters is 1. The number of hydrogen-bond acceptors (Lipinski definition) is 5. The zero-order chi connectivity index (χ0) is 15.7. The maximum Gasteiger partial charge on any atom is 0.305 e. The van der Waals surface area contributed by atoms with Crippen LogP contribution in [-0.4, -0.2) is 32.9 Å². The Kier molecular flexibility index (Phi) is 7.43. The summed E-state index contributed by atoms with van der Waals surface area (Å²) in [7, 11) is 1.38. The molecular formula is C16H24O5. The van der Waals surface area contributed by atoms with E-state index in [1.54, 1.807) is 0 Å². The molecule has 0 aliphatic heterocycles. The third-order valence-electron chi connectivity index (χ3n) is 2.86. The molecular weight excluding hydrogens is 272 g/mol. The van der Waals surface area contributed by atoms with E-state index in [2.05, 4.69) is 4.74 Å². The molecule has 1 aromatic carbocycles. The lowest BCUT2D eigenvalue weighted by Crippen LogP contribution is -2.07. The summed E-state index contributed by atoms with van der Waals surface area (Å²) < 4.78 is 21.5. The number of benzene rings is 1. The Balaban J connectivity index is 3.10. The van der Waals surface area contributed by atoms with Crippen LogP contribution in [0.25, 0.3) is 0 Å². The van der Waals surface area contributed by atoms with Crippen molar-refractivity contribution in [3.63, 3.8) is 0 Å². The first-order chi connectivity index (χ1) is 10.2. The monoisotopic (exact) mass is 296 g/mol. The van der Waals surface area contributed by atoms with Gasteiger partial charge in [0, 0.05) is 24.1 Å². The molecule has 0 N–H and O–H groups in total. The number of hydrogen-bond donors (Lipinski definition) is 0. The summed E-state index contributed by atoms with van der Waals surface area (Å²) in [6.07, 6.45) is 0.786. The third kappa shape index (κ3) is 5.17. The lowest BCUT2D eigenvalue weighted by atomic mass is 10.1. The predicted octanol–water partition coefficient (Wildman–Crippen LogP) is 2.99. The predicted molar refractivity (Wildman–Crippen MR) is 80.3 cm³/mol. The minimum Gasteiger partial charge on any atom is -0.494 e. The molecule has 1 aromatic rings. The fourth-order valence-corrected chi connectivity index (χ4v) is 1.99. The van der Waals surface area contributed by atoms with E-state index in [1.165, 1.54) is 7.11 Å². The van der Waals surface area contributed by atoms with Gasteiger partial charge in [-0.15, -0.1) is 0 Å². The van der Waals surface area contributed by atoms with E-state index in [4.69, 9.17) is 14.2 Å². The molecule has 0 unspecified atom stereocenters. The Morgan fingerprint density at radius 3 is 1.90 bits per heavy atom. The highest BCUT2D eigenvalue weighted by atomic mass is 16.5. The van der Waals surface area contributed by atoms with Gasteiger partial charge in [0.05, 0.1) is 26.9 Å². The first-order valence-corrected chi connectivity index (χ1v) is 7.28. The highest BCUT2D eigenvalue weighted by Gasteiger charge is 2.15. The lowest BCUT2D eigenvalue weighted by Gasteiger charge is -2.17. The number of carbonyl (C=O) groups is 1.